The number of hydrogen-bond acceptors (Lipinski definition) is 3. The van der Waals surface area contributed by atoms with Crippen molar-refractivity contribution in [2.24, 2.45) is 0 Å². The first-order valence-electron chi connectivity index (χ1n) is 8.97. The van der Waals surface area contributed by atoms with E-state index in [9.17, 15) is 10.1 Å². The summed E-state index contributed by atoms with van der Waals surface area (Å²) in [5, 5.41) is 10.9. The Balaban J connectivity index is 1.72. The third kappa shape index (κ3) is 3.18. The van der Waals surface area contributed by atoms with E-state index in [-0.39, 0.29) is 10.6 Å². The minimum absolute atomic E-state index is 0.103. The van der Waals surface area contributed by atoms with Crippen molar-refractivity contribution in [1.82, 2.24) is 9.38 Å². The Morgan fingerprint density at radius 2 is 1.85 bits per heavy atom. The van der Waals surface area contributed by atoms with E-state index in [0.717, 1.165) is 36.5 Å². The van der Waals surface area contributed by atoms with Crippen molar-refractivity contribution in [3.05, 3.63) is 64.5 Å². The molecular weight excluding hydrogens is 330 g/mol. The van der Waals surface area contributed by atoms with Gasteiger partial charge in [-0.25, -0.2) is 4.98 Å². The summed E-state index contributed by atoms with van der Waals surface area (Å²) in [5.74, 6) is 0. The summed E-state index contributed by atoms with van der Waals surface area (Å²) in [6, 6.07) is 12.7. The normalized spacial score (nSPS) is 20.3. The topological polar surface area (TPSA) is 69.3 Å². The summed E-state index contributed by atoms with van der Waals surface area (Å²) in [4.78, 5) is 18.5. The van der Waals surface area contributed by atoms with Crippen molar-refractivity contribution < 1.29 is 14.7 Å². The molecule has 7 nitrogen and oxygen atoms in total. The van der Waals surface area contributed by atoms with Crippen LogP contribution in [0.15, 0.2) is 48.7 Å². The highest BCUT2D eigenvalue weighted by Crippen LogP contribution is 2.26. The number of nitro benzene ring substituents is 1. The number of hydrogen-bond donors (Lipinski definition) is 2. The lowest BCUT2D eigenvalue weighted by molar-refractivity contribution is -1.01. The number of rotatable bonds is 4. The van der Waals surface area contributed by atoms with E-state index in [2.05, 4.69) is 11.4 Å². The van der Waals surface area contributed by atoms with E-state index in [1.807, 2.05) is 24.4 Å². The standard InChI is InChI=1S/C19H21N5O2/c1-21-10-12-22(13-11-21)14-17-19(20-18-4-2-3-9-23(17)18)15-5-7-16(8-6-15)24(25)26/h2-9H,10-14H2,1H3/p+2. The molecule has 1 fully saturated rings. The zero-order valence-electron chi connectivity index (χ0n) is 14.8. The Bertz CT molecular complexity index is 927. The smallest absolute Gasteiger partial charge is 0.269 e. The van der Waals surface area contributed by atoms with Crippen LogP contribution in [0.5, 0.6) is 0 Å². The van der Waals surface area contributed by atoms with Crippen LogP contribution < -0.4 is 9.80 Å². The number of aromatic nitrogens is 2. The largest absolute Gasteiger partial charge is 0.328 e. The molecule has 1 aromatic carbocycles. The van der Waals surface area contributed by atoms with Gasteiger partial charge in [0.05, 0.1) is 17.7 Å². The van der Waals surface area contributed by atoms with Gasteiger partial charge in [0.1, 0.15) is 44.1 Å². The van der Waals surface area contributed by atoms with Gasteiger partial charge in [0.15, 0.2) is 0 Å². The first-order valence-corrected chi connectivity index (χ1v) is 8.97. The van der Waals surface area contributed by atoms with E-state index in [0.29, 0.717) is 0 Å². The van der Waals surface area contributed by atoms with Crippen LogP contribution in [0.25, 0.3) is 16.9 Å². The van der Waals surface area contributed by atoms with Gasteiger partial charge in [0, 0.05) is 23.9 Å². The Hall–Kier alpha value is -2.77. The van der Waals surface area contributed by atoms with Gasteiger partial charge in [-0.05, 0) is 24.3 Å². The highest BCUT2D eigenvalue weighted by Gasteiger charge is 2.24. The fourth-order valence-electron chi connectivity index (χ4n) is 3.63. The highest BCUT2D eigenvalue weighted by molar-refractivity contribution is 5.67. The van der Waals surface area contributed by atoms with Crippen LogP contribution in [0.4, 0.5) is 5.69 Å². The van der Waals surface area contributed by atoms with Gasteiger partial charge < -0.3 is 9.80 Å². The molecule has 4 rings (SSSR count). The van der Waals surface area contributed by atoms with Crippen LogP contribution in [-0.4, -0.2) is 47.5 Å². The molecule has 2 N–H and O–H groups in total. The quantitative estimate of drug-likeness (QED) is 0.505. The number of pyridine rings is 1. The van der Waals surface area contributed by atoms with E-state index >= 15 is 0 Å². The van der Waals surface area contributed by atoms with Crippen LogP contribution in [0.3, 0.4) is 0 Å². The van der Waals surface area contributed by atoms with Gasteiger partial charge in [-0.3, -0.25) is 14.5 Å². The number of likely N-dealkylation sites (N-methyl/N-ethyl adjacent to an activating group) is 1. The van der Waals surface area contributed by atoms with Gasteiger partial charge in [0.25, 0.3) is 5.69 Å². The molecule has 7 heteroatoms. The number of benzene rings is 1. The second-order valence-electron chi connectivity index (χ2n) is 7.02. The lowest BCUT2D eigenvalue weighted by atomic mass is 10.1. The van der Waals surface area contributed by atoms with Crippen molar-refractivity contribution >= 4 is 11.3 Å². The zero-order valence-corrected chi connectivity index (χ0v) is 14.8. The van der Waals surface area contributed by atoms with E-state index in [1.54, 1.807) is 34.1 Å². The van der Waals surface area contributed by atoms with Crippen LogP contribution in [0.2, 0.25) is 0 Å². The van der Waals surface area contributed by atoms with E-state index < -0.39 is 0 Å². The third-order valence-electron chi connectivity index (χ3n) is 5.21. The van der Waals surface area contributed by atoms with Crippen LogP contribution >= 0.6 is 0 Å². The molecule has 0 unspecified atom stereocenters. The summed E-state index contributed by atoms with van der Waals surface area (Å²) in [7, 11) is 2.24. The maximum absolute atomic E-state index is 10.9. The van der Waals surface area contributed by atoms with Crippen molar-refractivity contribution in [1.29, 1.82) is 0 Å². The van der Waals surface area contributed by atoms with E-state index in [1.165, 1.54) is 18.8 Å². The highest BCUT2D eigenvalue weighted by atomic mass is 16.6. The molecule has 0 aliphatic carbocycles. The van der Waals surface area contributed by atoms with Gasteiger partial charge >= 0.3 is 0 Å². The molecule has 26 heavy (non-hydrogen) atoms. The van der Waals surface area contributed by atoms with Crippen molar-refractivity contribution in [3.8, 4) is 11.3 Å². The zero-order chi connectivity index (χ0) is 18.1. The molecule has 0 saturated carbocycles. The molecule has 3 aromatic rings. The first kappa shape index (κ1) is 16.7. The van der Waals surface area contributed by atoms with Crippen molar-refractivity contribution in [2.45, 2.75) is 6.54 Å². The summed E-state index contributed by atoms with van der Waals surface area (Å²) in [5.41, 5.74) is 4.03. The maximum atomic E-state index is 10.9. The molecule has 1 saturated heterocycles. The average Bonchev–Trinajstić information content (AvgIpc) is 3.02. The molecule has 0 bridgehead atoms. The third-order valence-corrected chi connectivity index (χ3v) is 5.21. The van der Waals surface area contributed by atoms with Crippen molar-refractivity contribution in [2.75, 3.05) is 33.2 Å². The molecule has 0 radical (unpaired) electrons. The predicted octanol–water partition coefficient (Wildman–Crippen LogP) is -0.177. The van der Waals surface area contributed by atoms with Gasteiger partial charge in [0.2, 0.25) is 0 Å². The molecule has 2 aromatic heterocycles. The average molecular weight is 353 g/mol. The van der Waals surface area contributed by atoms with Crippen LogP contribution in [0, 0.1) is 10.1 Å². The second-order valence-corrected chi connectivity index (χ2v) is 7.02. The van der Waals surface area contributed by atoms with Gasteiger partial charge in [-0.2, -0.15) is 0 Å². The Labute approximate surface area is 151 Å². The molecule has 0 atom stereocenters. The van der Waals surface area contributed by atoms with E-state index in [4.69, 9.17) is 4.98 Å². The molecule has 0 spiro atoms. The Kier molecular flexibility index (Phi) is 4.40. The monoisotopic (exact) mass is 353 g/mol. The number of nitro groups is 1. The fraction of sp³-hybridized carbons (Fsp3) is 0.316. The minimum atomic E-state index is -0.370. The summed E-state index contributed by atoms with van der Waals surface area (Å²) in [6.45, 7) is 5.56. The number of imidazole rings is 1. The maximum Gasteiger partial charge on any atom is 0.269 e. The fourth-order valence-corrected chi connectivity index (χ4v) is 3.63. The Morgan fingerprint density at radius 3 is 2.54 bits per heavy atom. The first-order chi connectivity index (χ1) is 12.6. The number of piperazine rings is 1. The lowest BCUT2D eigenvalue weighted by Gasteiger charge is -2.27. The number of nitrogens with zero attached hydrogens (tertiary/aromatic N) is 3. The summed E-state index contributed by atoms with van der Waals surface area (Å²) < 4.78 is 2.15. The number of nitrogens with one attached hydrogen (secondary N) is 2. The molecular formula is C19H23N5O2+2. The number of quaternary nitrogens is 2. The summed E-state index contributed by atoms with van der Waals surface area (Å²) >= 11 is 0. The number of non-ortho nitro benzene ring substituents is 1. The molecule has 3 heterocycles. The number of fused-ring (bicyclic) bond motifs is 1. The Morgan fingerprint density at radius 1 is 1.12 bits per heavy atom. The SMILES string of the molecule is C[NH+]1CC[NH+](Cc2c(-c3ccc([N+](=O)[O-])cc3)nc3ccccn23)CC1. The van der Waals surface area contributed by atoms with Gasteiger partial charge in [-0.1, -0.05) is 6.07 Å². The lowest BCUT2D eigenvalue weighted by Crippen LogP contribution is -3.26. The predicted molar refractivity (Wildman–Crippen MR) is 98.3 cm³/mol. The van der Waals surface area contributed by atoms with Crippen molar-refractivity contribution in [3.63, 3.8) is 0 Å². The molecule has 1 aliphatic heterocycles. The van der Waals surface area contributed by atoms with Crippen LogP contribution in [0.1, 0.15) is 5.69 Å². The minimum Gasteiger partial charge on any atom is -0.328 e. The molecule has 0 amide bonds. The molecule has 134 valence electrons. The second kappa shape index (κ2) is 6.86. The van der Waals surface area contributed by atoms with Gasteiger partial charge in [-0.15, -0.1) is 0 Å². The summed E-state index contributed by atoms with van der Waals surface area (Å²) in [6.07, 6.45) is 2.05. The molecule has 1 aliphatic rings. The van der Waals surface area contributed by atoms with Crippen LogP contribution in [-0.2, 0) is 6.54 Å².